The molecule has 2 bridgehead atoms. The van der Waals surface area contributed by atoms with Crippen molar-refractivity contribution in [2.24, 2.45) is 16.8 Å². The number of hydrogen-bond donors (Lipinski definition) is 0. The molecule has 2 aliphatic heterocycles. The fourth-order valence-corrected chi connectivity index (χ4v) is 6.99. The highest BCUT2D eigenvalue weighted by molar-refractivity contribution is 5.99. The fraction of sp³-hybridized carbons (Fsp3) is 0.316. The van der Waals surface area contributed by atoms with Crippen LogP contribution in [0, 0.1) is 34.8 Å². The van der Waals surface area contributed by atoms with E-state index in [0.717, 1.165) is 29.9 Å². The third-order valence-electron chi connectivity index (χ3n) is 9.31. The molecule has 0 amide bonds. The van der Waals surface area contributed by atoms with Crippen molar-refractivity contribution >= 4 is 17.5 Å². The van der Waals surface area contributed by atoms with Gasteiger partial charge in [-0.05, 0) is 55.5 Å². The molecule has 1 saturated heterocycles. The number of carbonyl (C=O) groups excluding carboxylic acids is 1. The number of rotatable bonds is 11. The minimum atomic E-state index is -1.07. The van der Waals surface area contributed by atoms with Crippen molar-refractivity contribution in [2.75, 3.05) is 38.2 Å². The smallest absolute Gasteiger partial charge is 0.311 e. The molecular weight excluding hydrogens is 644 g/mol. The van der Waals surface area contributed by atoms with Gasteiger partial charge in [0.05, 0.1) is 30.7 Å². The molecule has 12 heteroatoms. The predicted molar refractivity (Wildman–Crippen MR) is 181 cm³/mol. The van der Waals surface area contributed by atoms with Gasteiger partial charge in [-0.25, -0.2) is 0 Å². The molecule has 3 unspecified atom stereocenters. The number of carbonyl (C=O) groups is 1. The monoisotopic (exact) mass is 679 g/mol. The van der Waals surface area contributed by atoms with Crippen LogP contribution in [0.25, 0.3) is 0 Å². The Hall–Kier alpha value is -5.70. The van der Waals surface area contributed by atoms with Gasteiger partial charge in [-0.15, -0.1) is 0 Å². The second-order valence-corrected chi connectivity index (χ2v) is 12.4. The molecule has 3 heterocycles. The molecule has 3 aromatic carbocycles. The number of piperidine rings is 1. The van der Waals surface area contributed by atoms with E-state index in [0.29, 0.717) is 13.0 Å². The van der Waals surface area contributed by atoms with E-state index in [4.69, 9.17) is 18.9 Å². The topological polar surface area (TPSA) is 110 Å². The number of nitriles is 1. The largest absolute Gasteiger partial charge is 0.485 e. The number of fused-ring (bicyclic) bond motifs is 2. The van der Waals surface area contributed by atoms with Crippen LogP contribution in [0.15, 0.2) is 77.8 Å². The minimum Gasteiger partial charge on any atom is -0.485 e. The van der Waals surface area contributed by atoms with Gasteiger partial charge in [0.1, 0.15) is 23.9 Å². The molecule has 256 valence electrons. The standard InChI is InChI=1S/C38H35F2N5O5/c1-3-47-38(46)31-26-13-14-28(31)45(21-26)34-32(39)36(49-27-11-7-10-25(19-27)35-42-16-17-44(35)2)43-37(33(34)40)50-30-18-24(20-41)12-15-29(30)48-22-23-8-5-4-6-9-23/h4-12,15,18-19,26,28,31H,3,13-14,16-17,21-22H2,1-2H3. The van der Waals surface area contributed by atoms with Crippen molar-refractivity contribution in [3.8, 4) is 35.1 Å². The predicted octanol–water partition coefficient (Wildman–Crippen LogP) is 6.86. The lowest BCUT2D eigenvalue weighted by Gasteiger charge is -2.30. The Morgan fingerprint density at radius 2 is 1.78 bits per heavy atom. The number of amidine groups is 1. The van der Waals surface area contributed by atoms with E-state index in [1.54, 1.807) is 42.2 Å². The number of esters is 1. The van der Waals surface area contributed by atoms with E-state index < -0.39 is 41.0 Å². The zero-order valence-electron chi connectivity index (χ0n) is 27.6. The molecular formula is C38H35F2N5O5. The third kappa shape index (κ3) is 6.39. The maximum absolute atomic E-state index is 16.7. The van der Waals surface area contributed by atoms with Crippen LogP contribution < -0.4 is 19.1 Å². The molecule has 7 rings (SSSR count). The summed E-state index contributed by atoms with van der Waals surface area (Å²) in [4.78, 5) is 25.3. The van der Waals surface area contributed by atoms with E-state index in [9.17, 15) is 10.1 Å². The summed E-state index contributed by atoms with van der Waals surface area (Å²) in [5, 5.41) is 9.64. The van der Waals surface area contributed by atoms with Gasteiger partial charge in [-0.2, -0.15) is 19.0 Å². The SMILES string of the molecule is CCOC(=O)C1C2CCC1N(c1c(F)c(Oc3cccc(C4=NCCN4C)c3)nc(Oc3cc(C#N)ccc3OCc3ccccc3)c1F)C2. The molecule has 3 atom stereocenters. The Labute approximate surface area is 288 Å². The Morgan fingerprint density at radius 3 is 2.52 bits per heavy atom. The lowest BCUT2D eigenvalue weighted by atomic mass is 9.99. The molecule has 0 spiro atoms. The number of pyridine rings is 1. The van der Waals surface area contributed by atoms with Gasteiger partial charge >= 0.3 is 5.97 Å². The van der Waals surface area contributed by atoms with Crippen molar-refractivity contribution < 1.29 is 32.5 Å². The summed E-state index contributed by atoms with van der Waals surface area (Å²) in [5.74, 6) is -2.99. The van der Waals surface area contributed by atoms with Gasteiger partial charge in [0.25, 0.3) is 11.8 Å². The number of nitrogens with zero attached hydrogens (tertiary/aromatic N) is 5. The van der Waals surface area contributed by atoms with Gasteiger partial charge in [-0.3, -0.25) is 9.79 Å². The summed E-state index contributed by atoms with van der Waals surface area (Å²) in [7, 11) is 1.93. The number of hydrogen-bond acceptors (Lipinski definition) is 10. The molecule has 0 N–H and O–H groups in total. The zero-order chi connectivity index (χ0) is 34.8. The summed E-state index contributed by atoms with van der Waals surface area (Å²) < 4.78 is 56.8. The molecule has 1 aromatic heterocycles. The summed E-state index contributed by atoms with van der Waals surface area (Å²) in [6, 6.07) is 22.5. The molecule has 50 heavy (non-hydrogen) atoms. The molecule has 10 nitrogen and oxygen atoms in total. The van der Waals surface area contributed by atoms with Gasteiger partial charge in [-0.1, -0.05) is 42.5 Å². The van der Waals surface area contributed by atoms with Crippen LogP contribution in [-0.2, 0) is 16.1 Å². The van der Waals surface area contributed by atoms with Crippen LogP contribution in [0.1, 0.15) is 36.5 Å². The number of likely N-dealkylation sites (N-methyl/N-ethyl adjacent to an activating group) is 1. The van der Waals surface area contributed by atoms with Crippen molar-refractivity contribution in [3.05, 3.63) is 101 Å². The molecule has 2 fully saturated rings. The Balaban J connectivity index is 1.28. The summed E-state index contributed by atoms with van der Waals surface area (Å²) in [6.45, 7) is 3.78. The lowest BCUT2D eigenvalue weighted by Crippen LogP contribution is -2.36. The van der Waals surface area contributed by atoms with E-state index >= 15 is 8.78 Å². The number of aliphatic imine (C=N–C) groups is 1. The molecule has 3 aliphatic rings. The average molecular weight is 680 g/mol. The maximum Gasteiger partial charge on any atom is 0.311 e. The lowest BCUT2D eigenvalue weighted by molar-refractivity contribution is -0.148. The Kier molecular flexibility index (Phi) is 9.21. The fourth-order valence-electron chi connectivity index (χ4n) is 6.99. The average Bonchev–Trinajstić information content (AvgIpc) is 3.85. The molecule has 1 saturated carbocycles. The summed E-state index contributed by atoms with van der Waals surface area (Å²) in [6.07, 6.45) is 1.29. The number of benzene rings is 3. The molecule has 0 radical (unpaired) electrons. The third-order valence-corrected chi connectivity index (χ3v) is 9.31. The highest BCUT2D eigenvalue weighted by Crippen LogP contribution is 2.49. The van der Waals surface area contributed by atoms with Gasteiger partial charge < -0.3 is 28.7 Å². The first-order chi connectivity index (χ1) is 24.3. The van der Waals surface area contributed by atoms with E-state index in [-0.39, 0.29) is 54.5 Å². The second kappa shape index (κ2) is 14.0. The van der Waals surface area contributed by atoms with Crippen LogP contribution in [0.2, 0.25) is 0 Å². The normalized spacial score (nSPS) is 19.3. The van der Waals surface area contributed by atoms with Crippen molar-refractivity contribution in [2.45, 2.75) is 32.4 Å². The summed E-state index contributed by atoms with van der Waals surface area (Å²) in [5.41, 5.74) is 1.47. The van der Waals surface area contributed by atoms with Crippen molar-refractivity contribution in [3.63, 3.8) is 0 Å². The van der Waals surface area contributed by atoms with E-state index in [1.807, 2.05) is 48.3 Å². The minimum absolute atomic E-state index is 0.00603. The number of aromatic nitrogens is 1. The first kappa shape index (κ1) is 32.8. The van der Waals surface area contributed by atoms with Crippen LogP contribution in [0.5, 0.6) is 29.0 Å². The van der Waals surface area contributed by atoms with Crippen LogP contribution in [0.4, 0.5) is 14.5 Å². The maximum atomic E-state index is 16.7. The van der Waals surface area contributed by atoms with Crippen LogP contribution >= 0.6 is 0 Å². The first-order valence-corrected chi connectivity index (χ1v) is 16.6. The van der Waals surface area contributed by atoms with Crippen LogP contribution in [-0.4, -0.2) is 61.0 Å². The molecule has 4 aromatic rings. The van der Waals surface area contributed by atoms with Crippen molar-refractivity contribution in [1.82, 2.24) is 9.88 Å². The van der Waals surface area contributed by atoms with Gasteiger partial charge in [0.15, 0.2) is 11.5 Å². The number of anilines is 1. The molecule has 1 aliphatic carbocycles. The number of ether oxygens (including phenoxy) is 4. The Bertz CT molecular complexity index is 1980. The van der Waals surface area contributed by atoms with Crippen LogP contribution in [0.3, 0.4) is 0 Å². The summed E-state index contributed by atoms with van der Waals surface area (Å²) >= 11 is 0. The zero-order valence-corrected chi connectivity index (χ0v) is 27.6. The van der Waals surface area contributed by atoms with E-state index in [1.165, 1.54) is 6.07 Å². The quantitative estimate of drug-likeness (QED) is 0.157. The van der Waals surface area contributed by atoms with Gasteiger partial charge in [0.2, 0.25) is 11.6 Å². The van der Waals surface area contributed by atoms with Crippen molar-refractivity contribution in [1.29, 1.82) is 5.26 Å². The van der Waals surface area contributed by atoms with Gasteiger partial charge in [0, 0.05) is 37.8 Å². The number of halogens is 2. The Morgan fingerprint density at radius 1 is 0.980 bits per heavy atom. The highest BCUT2D eigenvalue weighted by Gasteiger charge is 2.53. The first-order valence-electron chi connectivity index (χ1n) is 16.6. The second-order valence-electron chi connectivity index (χ2n) is 12.4. The van der Waals surface area contributed by atoms with E-state index in [2.05, 4.69) is 16.0 Å². The highest BCUT2D eigenvalue weighted by atomic mass is 19.1.